The second kappa shape index (κ2) is 8.19. The van der Waals surface area contributed by atoms with Gasteiger partial charge in [0.2, 0.25) is 0 Å². The molecule has 2 aromatic carbocycles. The highest BCUT2D eigenvalue weighted by Gasteiger charge is 2.35. The van der Waals surface area contributed by atoms with Crippen LogP contribution in [0, 0.1) is 0 Å². The highest BCUT2D eigenvalue weighted by atomic mass is 32.2. The Labute approximate surface area is 175 Å². The first-order chi connectivity index (χ1) is 14.5. The first-order valence-corrected chi connectivity index (χ1v) is 11.1. The molecule has 0 radical (unpaired) electrons. The maximum Gasteiger partial charge on any atom is 0.326 e. The summed E-state index contributed by atoms with van der Waals surface area (Å²) in [5.74, 6) is -0.200. The number of rotatable bonds is 7. The minimum Gasteiger partial charge on any atom is -0.487 e. The highest BCUT2D eigenvalue weighted by Crippen LogP contribution is 2.36. The van der Waals surface area contributed by atoms with Crippen LogP contribution in [0.15, 0.2) is 60.9 Å². The van der Waals surface area contributed by atoms with E-state index in [1.807, 2.05) is 45.9 Å². The summed E-state index contributed by atoms with van der Waals surface area (Å²) in [7, 11) is -3.94. The molecule has 30 heavy (non-hydrogen) atoms. The summed E-state index contributed by atoms with van der Waals surface area (Å²) >= 11 is 0. The summed E-state index contributed by atoms with van der Waals surface area (Å²) in [4.78, 5) is 11.7. The average Bonchev–Trinajstić information content (AvgIpc) is 3.30. The second-order valence-electron chi connectivity index (χ2n) is 6.99. The van der Waals surface area contributed by atoms with Gasteiger partial charge in [-0.2, -0.15) is 13.5 Å². The number of amides is 1. The molecule has 1 saturated heterocycles. The summed E-state index contributed by atoms with van der Waals surface area (Å²) in [6.45, 7) is 2.88. The molecule has 1 amide bonds. The Kier molecular flexibility index (Phi) is 5.45. The van der Waals surface area contributed by atoms with Gasteiger partial charge >= 0.3 is 10.2 Å². The first-order valence-electron chi connectivity index (χ1n) is 9.63. The van der Waals surface area contributed by atoms with Crippen LogP contribution in [-0.2, 0) is 28.2 Å². The molecule has 0 saturated carbocycles. The Morgan fingerprint density at radius 1 is 1.13 bits per heavy atom. The minimum absolute atomic E-state index is 0.266. The average molecular weight is 426 g/mol. The molecule has 3 aromatic rings. The third-order valence-corrected chi connectivity index (χ3v) is 6.10. The van der Waals surface area contributed by atoms with Crippen LogP contribution in [0.2, 0.25) is 0 Å². The van der Waals surface area contributed by atoms with Gasteiger partial charge in [-0.25, -0.2) is 9.03 Å². The summed E-state index contributed by atoms with van der Waals surface area (Å²) in [5, 5.41) is 4.35. The van der Waals surface area contributed by atoms with Crippen molar-refractivity contribution in [2.75, 3.05) is 10.8 Å². The number of nitrogens with zero attached hydrogens (tertiary/aromatic N) is 3. The summed E-state index contributed by atoms with van der Waals surface area (Å²) < 4.78 is 35.6. The number of hydrogen-bond donors (Lipinski definition) is 1. The van der Waals surface area contributed by atoms with E-state index in [9.17, 15) is 13.2 Å². The van der Waals surface area contributed by atoms with Gasteiger partial charge in [0, 0.05) is 18.3 Å². The predicted octanol–water partition coefficient (Wildman–Crippen LogP) is 2.72. The molecule has 0 aliphatic carbocycles. The molecular weight excluding hydrogens is 404 g/mol. The van der Waals surface area contributed by atoms with Gasteiger partial charge in [-0.15, -0.1) is 0 Å². The van der Waals surface area contributed by atoms with Crippen LogP contribution in [0.1, 0.15) is 18.9 Å². The zero-order valence-corrected chi connectivity index (χ0v) is 17.3. The van der Waals surface area contributed by atoms with Crippen molar-refractivity contribution in [1.29, 1.82) is 0 Å². The Morgan fingerprint density at radius 2 is 1.93 bits per heavy atom. The van der Waals surface area contributed by atoms with Crippen molar-refractivity contribution in [2.24, 2.45) is 0 Å². The molecule has 1 aliphatic heterocycles. The molecule has 0 atom stereocenters. The van der Waals surface area contributed by atoms with E-state index in [1.165, 1.54) is 0 Å². The number of aryl methyl sites for hydroxylation is 1. The van der Waals surface area contributed by atoms with Gasteiger partial charge in [0.05, 0.1) is 11.9 Å². The van der Waals surface area contributed by atoms with Crippen LogP contribution in [0.3, 0.4) is 0 Å². The van der Waals surface area contributed by atoms with Gasteiger partial charge < -0.3 is 4.74 Å². The van der Waals surface area contributed by atoms with E-state index in [0.717, 1.165) is 34.0 Å². The number of benzene rings is 2. The molecule has 4 rings (SSSR count). The Bertz CT molecular complexity index is 1160. The quantitative estimate of drug-likeness (QED) is 0.627. The highest BCUT2D eigenvalue weighted by molar-refractivity contribution is 7.92. The lowest BCUT2D eigenvalue weighted by molar-refractivity contribution is -0.117. The van der Waals surface area contributed by atoms with E-state index in [1.54, 1.807) is 24.4 Å². The SMILES string of the molecule is CCCn1cc(-c2ccc(N3CC(=O)NS3(=O)=O)c(OCc3ccccc3)c2)cn1. The molecule has 1 fully saturated rings. The number of carbonyl (C=O) groups excluding carboxylic acids is 1. The molecule has 0 unspecified atom stereocenters. The fraction of sp³-hybridized carbons (Fsp3) is 0.238. The lowest BCUT2D eigenvalue weighted by Gasteiger charge is -2.20. The van der Waals surface area contributed by atoms with Crippen LogP contribution < -0.4 is 13.8 Å². The van der Waals surface area contributed by atoms with Crippen LogP contribution in [0.25, 0.3) is 11.1 Å². The number of ether oxygens (including phenoxy) is 1. The monoisotopic (exact) mass is 426 g/mol. The van der Waals surface area contributed by atoms with Crippen molar-refractivity contribution in [3.63, 3.8) is 0 Å². The van der Waals surface area contributed by atoms with Crippen molar-refractivity contribution in [1.82, 2.24) is 14.5 Å². The minimum atomic E-state index is -3.94. The molecule has 8 nitrogen and oxygen atoms in total. The zero-order valence-electron chi connectivity index (χ0n) is 16.5. The maximum absolute atomic E-state index is 12.4. The van der Waals surface area contributed by atoms with Gasteiger partial charge in [0.1, 0.15) is 18.9 Å². The van der Waals surface area contributed by atoms with Crippen molar-refractivity contribution >= 4 is 21.8 Å². The molecule has 156 valence electrons. The number of hydrogen-bond acceptors (Lipinski definition) is 5. The molecule has 0 bridgehead atoms. The van der Waals surface area contributed by atoms with Gasteiger partial charge in [-0.05, 0) is 29.7 Å². The Balaban J connectivity index is 1.70. The maximum atomic E-state index is 12.4. The van der Waals surface area contributed by atoms with E-state index in [-0.39, 0.29) is 13.2 Å². The van der Waals surface area contributed by atoms with Crippen LogP contribution in [0.5, 0.6) is 5.75 Å². The van der Waals surface area contributed by atoms with E-state index in [0.29, 0.717) is 11.4 Å². The number of anilines is 1. The molecule has 9 heteroatoms. The Hall–Kier alpha value is -3.33. The molecule has 2 heterocycles. The third-order valence-electron chi connectivity index (χ3n) is 4.71. The number of carbonyl (C=O) groups is 1. The Morgan fingerprint density at radius 3 is 2.63 bits per heavy atom. The van der Waals surface area contributed by atoms with Gasteiger partial charge in [0.15, 0.2) is 0 Å². The second-order valence-corrected chi connectivity index (χ2v) is 8.58. The predicted molar refractivity (Wildman–Crippen MR) is 113 cm³/mol. The lowest BCUT2D eigenvalue weighted by atomic mass is 10.1. The number of nitrogens with one attached hydrogen (secondary N) is 1. The van der Waals surface area contributed by atoms with Crippen LogP contribution >= 0.6 is 0 Å². The molecule has 1 aromatic heterocycles. The van der Waals surface area contributed by atoms with Crippen LogP contribution in [0.4, 0.5) is 5.69 Å². The van der Waals surface area contributed by atoms with Gasteiger partial charge in [0.25, 0.3) is 5.91 Å². The van der Waals surface area contributed by atoms with Crippen molar-refractivity contribution in [3.05, 3.63) is 66.5 Å². The molecule has 0 spiro atoms. The summed E-state index contributed by atoms with van der Waals surface area (Å²) in [6.07, 6.45) is 4.68. The third kappa shape index (κ3) is 4.16. The lowest BCUT2D eigenvalue weighted by Crippen LogP contribution is -2.29. The van der Waals surface area contributed by atoms with Crippen LogP contribution in [-0.4, -0.2) is 30.7 Å². The van der Waals surface area contributed by atoms with Gasteiger partial charge in [-0.1, -0.05) is 43.3 Å². The van der Waals surface area contributed by atoms with E-state index in [4.69, 9.17) is 4.74 Å². The molecule has 1 N–H and O–H groups in total. The normalized spacial score (nSPS) is 15.2. The van der Waals surface area contributed by atoms with E-state index >= 15 is 0 Å². The largest absolute Gasteiger partial charge is 0.487 e. The summed E-state index contributed by atoms with van der Waals surface area (Å²) in [5.41, 5.74) is 3.01. The standard InChI is InChI=1S/C21H22N4O4S/c1-2-10-24-13-18(12-22-24)17-8-9-19(25-14-21(26)23-30(25,27)28)20(11-17)29-15-16-6-4-3-5-7-16/h3-9,11-13H,2,10,14-15H2,1H3,(H,23,26). The smallest absolute Gasteiger partial charge is 0.326 e. The summed E-state index contributed by atoms with van der Waals surface area (Å²) in [6, 6.07) is 14.8. The topological polar surface area (TPSA) is 93.5 Å². The fourth-order valence-corrected chi connectivity index (χ4v) is 4.44. The van der Waals surface area contributed by atoms with Gasteiger partial charge in [-0.3, -0.25) is 9.48 Å². The fourth-order valence-electron chi connectivity index (χ4n) is 3.28. The van der Waals surface area contributed by atoms with Crippen molar-refractivity contribution in [2.45, 2.75) is 26.5 Å². The number of aromatic nitrogens is 2. The van der Waals surface area contributed by atoms with E-state index in [2.05, 4.69) is 12.0 Å². The molecular formula is C21H22N4O4S. The zero-order chi connectivity index (χ0) is 21.1. The first kappa shape index (κ1) is 20.0. The van der Waals surface area contributed by atoms with Crippen molar-refractivity contribution in [3.8, 4) is 16.9 Å². The van der Waals surface area contributed by atoms with E-state index < -0.39 is 16.1 Å². The molecule has 1 aliphatic rings. The van der Waals surface area contributed by atoms with Crippen molar-refractivity contribution < 1.29 is 17.9 Å².